The fraction of sp³-hybridized carbons (Fsp3) is 1.00. The topological polar surface area (TPSA) is 12.0 Å². The van der Waals surface area contributed by atoms with Crippen molar-refractivity contribution in [3.05, 3.63) is 0 Å². The molecular weight excluding hydrogens is 206 g/mol. The van der Waals surface area contributed by atoms with Gasteiger partial charge in [0.15, 0.2) is 0 Å². The summed E-state index contributed by atoms with van der Waals surface area (Å²) in [7, 11) is 0. The van der Waals surface area contributed by atoms with Crippen molar-refractivity contribution in [3.8, 4) is 0 Å². The molecule has 1 N–H and O–H groups in total. The first kappa shape index (κ1) is 15.0. The zero-order valence-electron chi connectivity index (χ0n) is 12.9. The molecule has 1 atom stereocenters. The highest BCUT2D eigenvalue weighted by molar-refractivity contribution is 5.18. The fourth-order valence-corrected chi connectivity index (χ4v) is 3.03. The van der Waals surface area contributed by atoms with E-state index < -0.39 is 0 Å². The maximum absolute atomic E-state index is 3.83. The molecule has 0 aromatic carbocycles. The largest absolute Gasteiger partial charge is 0.310 e. The summed E-state index contributed by atoms with van der Waals surface area (Å²) in [6.45, 7) is 14.2. The van der Waals surface area contributed by atoms with Gasteiger partial charge in [0.2, 0.25) is 0 Å². The van der Waals surface area contributed by atoms with Gasteiger partial charge in [0.1, 0.15) is 0 Å². The summed E-state index contributed by atoms with van der Waals surface area (Å²) >= 11 is 0. The highest BCUT2D eigenvalue weighted by atomic mass is 15.1. The lowest BCUT2D eigenvalue weighted by Gasteiger charge is -2.15. The first-order chi connectivity index (χ1) is 7.84. The Morgan fingerprint density at radius 2 is 1.47 bits per heavy atom. The third kappa shape index (κ3) is 3.47. The zero-order chi connectivity index (χ0) is 13.1. The van der Waals surface area contributed by atoms with Crippen LogP contribution in [-0.4, -0.2) is 12.1 Å². The Morgan fingerprint density at radius 1 is 0.941 bits per heavy atom. The van der Waals surface area contributed by atoms with Crippen LogP contribution in [-0.2, 0) is 0 Å². The summed E-state index contributed by atoms with van der Waals surface area (Å²) in [5.41, 5.74) is 0.951. The van der Waals surface area contributed by atoms with E-state index in [9.17, 15) is 0 Å². The van der Waals surface area contributed by atoms with E-state index in [-0.39, 0.29) is 0 Å². The Bertz CT molecular complexity index is 216. The minimum absolute atomic E-state index is 0.476. The predicted molar refractivity (Wildman–Crippen MR) is 77.3 cm³/mol. The Labute approximate surface area is 109 Å². The lowest BCUT2D eigenvalue weighted by atomic mass is 10.0. The molecule has 0 aromatic heterocycles. The molecule has 1 fully saturated rings. The maximum atomic E-state index is 3.83. The molecule has 102 valence electrons. The zero-order valence-corrected chi connectivity index (χ0v) is 12.9. The summed E-state index contributed by atoms with van der Waals surface area (Å²) in [6, 6.07) is 1.39. The van der Waals surface area contributed by atoms with Crippen molar-refractivity contribution in [3.63, 3.8) is 0 Å². The monoisotopic (exact) mass is 239 g/mol. The first-order valence-corrected chi connectivity index (χ1v) is 7.60. The van der Waals surface area contributed by atoms with Crippen molar-refractivity contribution >= 4 is 0 Å². The van der Waals surface area contributed by atoms with Crippen LogP contribution < -0.4 is 5.32 Å². The van der Waals surface area contributed by atoms with Gasteiger partial charge in [-0.2, -0.15) is 0 Å². The van der Waals surface area contributed by atoms with Crippen molar-refractivity contribution in [1.29, 1.82) is 0 Å². The van der Waals surface area contributed by atoms with Gasteiger partial charge in [-0.3, -0.25) is 0 Å². The van der Waals surface area contributed by atoms with Gasteiger partial charge in [-0.05, 0) is 24.2 Å². The second-order valence-electron chi connectivity index (χ2n) is 7.15. The fourth-order valence-electron chi connectivity index (χ4n) is 3.03. The van der Waals surface area contributed by atoms with Crippen LogP contribution in [0, 0.1) is 10.8 Å². The lowest BCUT2D eigenvalue weighted by Crippen LogP contribution is -2.31. The van der Waals surface area contributed by atoms with Crippen molar-refractivity contribution < 1.29 is 0 Å². The van der Waals surface area contributed by atoms with Gasteiger partial charge in [0.05, 0.1) is 0 Å². The molecule has 0 amide bonds. The molecule has 0 saturated heterocycles. The smallest absolute Gasteiger partial charge is 0.0183 e. The number of hydrogen-bond acceptors (Lipinski definition) is 1. The van der Waals surface area contributed by atoms with Gasteiger partial charge in [-0.15, -0.1) is 0 Å². The van der Waals surface area contributed by atoms with Crippen LogP contribution in [0.2, 0.25) is 0 Å². The van der Waals surface area contributed by atoms with E-state index in [1.54, 1.807) is 0 Å². The van der Waals surface area contributed by atoms with Gasteiger partial charge in [-0.25, -0.2) is 0 Å². The Morgan fingerprint density at radius 3 is 1.94 bits per heavy atom. The van der Waals surface area contributed by atoms with Crippen LogP contribution >= 0.6 is 0 Å². The van der Waals surface area contributed by atoms with E-state index >= 15 is 0 Å². The average molecular weight is 239 g/mol. The molecule has 1 heteroatoms. The second kappa shape index (κ2) is 5.73. The van der Waals surface area contributed by atoms with Gasteiger partial charge >= 0.3 is 0 Å². The molecule has 0 heterocycles. The number of rotatable bonds is 8. The standard InChI is InChI=1S/C16H33N/c1-7-8-9-10-11-12-13(2)17-14-15(3,4)16(14,5)6/h13-14,17H,7-12H2,1-6H3. The second-order valence-corrected chi connectivity index (χ2v) is 7.15. The molecule has 1 aliphatic rings. The summed E-state index contributed by atoms with van der Waals surface area (Å²) < 4.78 is 0. The summed E-state index contributed by atoms with van der Waals surface area (Å²) in [6.07, 6.45) is 8.32. The SMILES string of the molecule is CCCCCCCC(C)NC1C(C)(C)C1(C)C. The van der Waals surface area contributed by atoms with E-state index in [1.807, 2.05) is 0 Å². The highest BCUT2D eigenvalue weighted by Crippen LogP contribution is 2.62. The van der Waals surface area contributed by atoms with Crippen LogP contribution in [0.1, 0.15) is 80.1 Å². The Hall–Kier alpha value is -0.0400. The first-order valence-electron chi connectivity index (χ1n) is 7.60. The highest BCUT2D eigenvalue weighted by Gasteiger charge is 2.64. The van der Waals surface area contributed by atoms with Crippen LogP contribution in [0.15, 0.2) is 0 Å². The molecule has 1 aliphatic carbocycles. The third-order valence-electron chi connectivity index (χ3n) is 5.21. The van der Waals surface area contributed by atoms with Crippen molar-refractivity contribution in [2.24, 2.45) is 10.8 Å². The molecule has 0 aliphatic heterocycles. The Balaban J connectivity index is 2.13. The minimum atomic E-state index is 0.476. The molecule has 1 unspecified atom stereocenters. The van der Waals surface area contributed by atoms with Crippen molar-refractivity contribution in [2.45, 2.75) is 92.2 Å². The molecule has 17 heavy (non-hydrogen) atoms. The van der Waals surface area contributed by atoms with Crippen molar-refractivity contribution in [2.75, 3.05) is 0 Å². The van der Waals surface area contributed by atoms with E-state index in [1.165, 1.54) is 38.5 Å². The van der Waals surface area contributed by atoms with E-state index in [0.29, 0.717) is 22.9 Å². The van der Waals surface area contributed by atoms with Crippen LogP contribution in [0.5, 0.6) is 0 Å². The van der Waals surface area contributed by atoms with Gasteiger partial charge in [-0.1, -0.05) is 66.7 Å². The molecule has 1 nitrogen and oxygen atoms in total. The summed E-state index contributed by atoms with van der Waals surface area (Å²) in [5.74, 6) is 0. The van der Waals surface area contributed by atoms with E-state index in [0.717, 1.165) is 0 Å². The van der Waals surface area contributed by atoms with E-state index in [2.05, 4.69) is 46.9 Å². The maximum Gasteiger partial charge on any atom is 0.0183 e. The molecule has 0 radical (unpaired) electrons. The quantitative estimate of drug-likeness (QED) is 0.602. The third-order valence-corrected chi connectivity index (χ3v) is 5.21. The summed E-state index contributed by atoms with van der Waals surface area (Å²) in [4.78, 5) is 0. The van der Waals surface area contributed by atoms with E-state index in [4.69, 9.17) is 0 Å². The predicted octanol–water partition coefficient (Wildman–Crippen LogP) is 4.76. The lowest BCUT2D eigenvalue weighted by molar-refractivity contribution is 0.441. The van der Waals surface area contributed by atoms with Gasteiger partial charge in [0, 0.05) is 12.1 Å². The van der Waals surface area contributed by atoms with Gasteiger partial charge < -0.3 is 5.32 Å². The molecule has 0 aromatic rings. The summed E-state index contributed by atoms with van der Waals surface area (Å²) in [5, 5.41) is 3.83. The Kier molecular flexibility index (Phi) is 5.07. The molecule has 1 saturated carbocycles. The van der Waals surface area contributed by atoms with Gasteiger partial charge in [0.25, 0.3) is 0 Å². The minimum Gasteiger partial charge on any atom is -0.310 e. The van der Waals surface area contributed by atoms with Crippen molar-refractivity contribution in [1.82, 2.24) is 5.32 Å². The normalized spacial score (nSPS) is 23.6. The number of unbranched alkanes of at least 4 members (excludes halogenated alkanes) is 4. The number of hydrogen-bond donors (Lipinski definition) is 1. The molecule has 0 bridgehead atoms. The molecule has 1 rings (SSSR count). The van der Waals surface area contributed by atoms with Crippen LogP contribution in [0.3, 0.4) is 0 Å². The molecular formula is C16H33N. The van der Waals surface area contributed by atoms with Crippen LogP contribution in [0.4, 0.5) is 0 Å². The average Bonchev–Trinajstić information content (AvgIpc) is 2.61. The van der Waals surface area contributed by atoms with Crippen LogP contribution in [0.25, 0.3) is 0 Å². The number of nitrogens with one attached hydrogen (secondary N) is 1. The molecule has 0 spiro atoms.